The van der Waals surface area contributed by atoms with Gasteiger partial charge < -0.3 is 14.6 Å². The third-order valence-electron chi connectivity index (χ3n) is 3.26. The molecule has 1 N–H and O–H groups in total. The molecular weight excluding hydrogens is 252 g/mol. The van der Waals surface area contributed by atoms with Crippen LogP contribution in [-0.4, -0.2) is 25.6 Å². The van der Waals surface area contributed by atoms with Crippen LogP contribution in [0.15, 0.2) is 54.6 Å². The number of hydrogen-bond acceptors (Lipinski definition) is 3. The summed E-state index contributed by atoms with van der Waals surface area (Å²) in [7, 11) is 1.60. The van der Waals surface area contributed by atoms with Crippen molar-refractivity contribution in [3.63, 3.8) is 0 Å². The molecule has 0 aromatic heterocycles. The Morgan fingerprint density at radius 1 is 1.00 bits per heavy atom. The Kier molecular flexibility index (Phi) is 5.59. The van der Waals surface area contributed by atoms with Crippen LogP contribution in [-0.2, 0) is 11.2 Å². The third-order valence-corrected chi connectivity index (χ3v) is 3.26. The lowest BCUT2D eigenvalue weighted by atomic mass is 9.92. The molecule has 0 saturated heterocycles. The van der Waals surface area contributed by atoms with Crippen molar-refractivity contribution in [1.29, 1.82) is 0 Å². The second-order valence-corrected chi connectivity index (χ2v) is 4.65. The van der Waals surface area contributed by atoms with Gasteiger partial charge in [-0.1, -0.05) is 48.5 Å². The van der Waals surface area contributed by atoms with Gasteiger partial charge in [0.1, 0.15) is 5.75 Å². The van der Waals surface area contributed by atoms with Gasteiger partial charge in [0.2, 0.25) is 0 Å². The quantitative estimate of drug-likeness (QED) is 0.787. The van der Waals surface area contributed by atoms with Crippen LogP contribution in [0.1, 0.15) is 17.0 Å². The van der Waals surface area contributed by atoms with E-state index >= 15 is 0 Å². The summed E-state index contributed by atoms with van der Waals surface area (Å²) in [5.41, 5.74) is 2.21. The first-order chi connectivity index (χ1) is 9.85. The molecule has 1 atom stereocenters. The molecule has 3 nitrogen and oxygen atoms in total. The van der Waals surface area contributed by atoms with Gasteiger partial charge in [-0.05, 0) is 23.6 Å². The van der Waals surface area contributed by atoms with Gasteiger partial charge in [-0.2, -0.15) is 0 Å². The molecule has 0 saturated carbocycles. The van der Waals surface area contributed by atoms with E-state index in [-0.39, 0.29) is 19.3 Å². The Labute approximate surface area is 119 Å². The minimum atomic E-state index is 0.0727. The largest absolute Gasteiger partial charge is 0.467 e. The molecule has 0 aliphatic carbocycles. The van der Waals surface area contributed by atoms with Gasteiger partial charge >= 0.3 is 0 Å². The van der Waals surface area contributed by atoms with Crippen molar-refractivity contribution in [3.8, 4) is 5.75 Å². The maximum atomic E-state index is 9.64. The summed E-state index contributed by atoms with van der Waals surface area (Å²) in [6.07, 6.45) is 0.737. The van der Waals surface area contributed by atoms with Crippen LogP contribution in [0.2, 0.25) is 0 Å². The van der Waals surface area contributed by atoms with Crippen LogP contribution in [0.3, 0.4) is 0 Å². The summed E-state index contributed by atoms with van der Waals surface area (Å²) in [6.45, 7) is 0.342. The molecule has 0 aliphatic heterocycles. The lowest BCUT2D eigenvalue weighted by molar-refractivity contribution is 0.0503. The standard InChI is InChI=1S/C17H20O3/c1-19-13-20-17-10-6-5-9-15(17)11-16(12-18)14-7-3-2-4-8-14/h2-10,16,18H,11-13H2,1H3. The highest BCUT2D eigenvalue weighted by Crippen LogP contribution is 2.26. The first-order valence-electron chi connectivity index (χ1n) is 6.70. The fraction of sp³-hybridized carbons (Fsp3) is 0.294. The SMILES string of the molecule is COCOc1ccccc1CC(CO)c1ccccc1. The Morgan fingerprint density at radius 3 is 2.40 bits per heavy atom. The number of aliphatic hydroxyl groups is 1. The zero-order valence-electron chi connectivity index (χ0n) is 11.7. The van der Waals surface area contributed by atoms with E-state index in [1.54, 1.807) is 7.11 Å². The van der Waals surface area contributed by atoms with Gasteiger partial charge in [0.05, 0.1) is 6.61 Å². The van der Waals surface area contributed by atoms with Crippen LogP contribution < -0.4 is 4.74 Å². The molecule has 0 radical (unpaired) electrons. The summed E-state index contributed by atoms with van der Waals surface area (Å²) in [4.78, 5) is 0. The van der Waals surface area contributed by atoms with Crippen molar-refractivity contribution < 1.29 is 14.6 Å². The molecule has 0 fully saturated rings. The summed E-state index contributed by atoms with van der Waals surface area (Å²) in [5.74, 6) is 0.882. The number of para-hydroxylation sites is 1. The van der Waals surface area contributed by atoms with E-state index in [1.165, 1.54) is 0 Å². The fourth-order valence-corrected chi connectivity index (χ4v) is 2.21. The van der Waals surface area contributed by atoms with Crippen LogP contribution in [0.4, 0.5) is 0 Å². The van der Waals surface area contributed by atoms with Gasteiger partial charge in [-0.25, -0.2) is 0 Å². The zero-order chi connectivity index (χ0) is 14.2. The smallest absolute Gasteiger partial charge is 0.188 e. The second kappa shape index (κ2) is 7.68. The Morgan fingerprint density at radius 2 is 1.70 bits per heavy atom. The highest BCUT2D eigenvalue weighted by molar-refractivity contribution is 5.35. The number of rotatable bonds is 7. The molecular formula is C17H20O3. The van der Waals surface area contributed by atoms with Crippen LogP contribution in [0.5, 0.6) is 5.75 Å². The second-order valence-electron chi connectivity index (χ2n) is 4.65. The van der Waals surface area contributed by atoms with E-state index in [0.29, 0.717) is 0 Å². The molecule has 106 valence electrons. The minimum Gasteiger partial charge on any atom is -0.467 e. The molecule has 2 rings (SSSR count). The lowest BCUT2D eigenvalue weighted by Crippen LogP contribution is -2.09. The first kappa shape index (κ1) is 14.6. The minimum absolute atomic E-state index is 0.0727. The van der Waals surface area contributed by atoms with E-state index in [0.717, 1.165) is 23.3 Å². The summed E-state index contributed by atoms with van der Waals surface area (Å²) >= 11 is 0. The predicted molar refractivity (Wildman–Crippen MR) is 78.9 cm³/mol. The average molecular weight is 272 g/mol. The van der Waals surface area contributed by atoms with E-state index in [2.05, 4.69) is 0 Å². The lowest BCUT2D eigenvalue weighted by Gasteiger charge is -2.17. The monoisotopic (exact) mass is 272 g/mol. The van der Waals surface area contributed by atoms with E-state index in [1.807, 2.05) is 54.6 Å². The number of ether oxygens (including phenoxy) is 2. The van der Waals surface area contributed by atoms with Crippen molar-refractivity contribution in [1.82, 2.24) is 0 Å². The van der Waals surface area contributed by atoms with Crippen molar-refractivity contribution in [3.05, 3.63) is 65.7 Å². The molecule has 2 aromatic rings. The molecule has 20 heavy (non-hydrogen) atoms. The summed E-state index contributed by atoms with van der Waals surface area (Å²) < 4.78 is 10.5. The molecule has 3 heteroatoms. The molecule has 1 unspecified atom stereocenters. The van der Waals surface area contributed by atoms with E-state index in [4.69, 9.17) is 9.47 Å². The fourth-order valence-electron chi connectivity index (χ4n) is 2.21. The molecule has 2 aromatic carbocycles. The third kappa shape index (κ3) is 3.83. The molecule has 0 bridgehead atoms. The van der Waals surface area contributed by atoms with Gasteiger partial charge in [0.25, 0.3) is 0 Å². The van der Waals surface area contributed by atoms with Crippen molar-refractivity contribution in [2.24, 2.45) is 0 Å². The first-order valence-corrected chi connectivity index (χ1v) is 6.70. The van der Waals surface area contributed by atoms with Gasteiger partial charge in [0.15, 0.2) is 6.79 Å². The average Bonchev–Trinajstić information content (AvgIpc) is 2.52. The molecule has 0 amide bonds. The number of benzene rings is 2. The van der Waals surface area contributed by atoms with Crippen LogP contribution in [0, 0.1) is 0 Å². The number of methoxy groups -OCH3 is 1. The zero-order valence-corrected chi connectivity index (χ0v) is 11.7. The predicted octanol–water partition coefficient (Wildman–Crippen LogP) is 2.99. The van der Waals surface area contributed by atoms with Gasteiger partial charge in [-0.3, -0.25) is 0 Å². The molecule has 0 spiro atoms. The van der Waals surface area contributed by atoms with Crippen molar-refractivity contribution >= 4 is 0 Å². The Bertz CT molecular complexity index is 511. The summed E-state index contributed by atoms with van der Waals surface area (Å²) in [6, 6.07) is 17.9. The maximum absolute atomic E-state index is 9.64. The molecule has 0 aliphatic rings. The van der Waals surface area contributed by atoms with E-state index in [9.17, 15) is 5.11 Å². The Balaban J connectivity index is 2.15. The van der Waals surface area contributed by atoms with Gasteiger partial charge in [0, 0.05) is 13.0 Å². The van der Waals surface area contributed by atoms with Crippen molar-refractivity contribution in [2.45, 2.75) is 12.3 Å². The number of hydrogen-bond donors (Lipinski definition) is 1. The van der Waals surface area contributed by atoms with Crippen LogP contribution >= 0.6 is 0 Å². The topological polar surface area (TPSA) is 38.7 Å². The Hall–Kier alpha value is -1.84. The highest BCUT2D eigenvalue weighted by atomic mass is 16.7. The van der Waals surface area contributed by atoms with Crippen LogP contribution in [0.25, 0.3) is 0 Å². The highest BCUT2D eigenvalue weighted by Gasteiger charge is 2.13. The summed E-state index contributed by atoms with van der Waals surface area (Å²) in [5, 5.41) is 9.64. The molecule has 0 heterocycles. The van der Waals surface area contributed by atoms with E-state index < -0.39 is 0 Å². The van der Waals surface area contributed by atoms with Crippen molar-refractivity contribution in [2.75, 3.05) is 20.5 Å². The maximum Gasteiger partial charge on any atom is 0.188 e. The van der Waals surface area contributed by atoms with Gasteiger partial charge in [-0.15, -0.1) is 0 Å². The normalized spacial score (nSPS) is 12.1. The number of aliphatic hydroxyl groups excluding tert-OH is 1.